The van der Waals surface area contributed by atoms with Gasteiger partial charge in [-0.3, -0.25) is 4.79 Å². The number of benzene rings is 2. The summed E-state index contributed by atoms with van der Waals surface area (Å²) in [5.74, 6) is 1.40. The van der Waals surface area contributed by atoms with Gasteiger partial charge in [0.2, 0.25) is 5.90 Å². The van der Waals surface area contributed by atoms with Gasteiger partial charge in [0.15, 0.2) is 23.8 Å². The number of hydrogen-bond acceptors (Lipinski definition) is 7. The number of aliphatic imine (C=N–C) groups is 1. The summed E-state index contributed by atoms with van der Waals surface area (Å²) in [5, 5.41) is 0. The van der Waals surface area contributed by atoms with Gasteiger partial charge in [-0.2, -0.15) is 0 Å². The number of amides is 1. The highest BCUT2D eigenvalue weighted by Crippen LogP contribution is 2.30. The fourth-order valence-electron chi connectivity index (χ4n) is 3.93. The van der Waals surface area contributed by atoms with E-state index >= 15 is 0 Å². The molecule has 0 atom stereocenters. The Bertz CT molecular complexity index is 1120. The second-order valence-electron chi connectivity index (χ2n) is 8.16. The van der Waals surface area contributed by atoms with E-state index in [1.165, 1.54) is 0 Å². The number of hydrogen-bond donors (Lipinski definition) is 0. The SMILES string of the molecule is CCOc1ccc(C2=N/C(=C\c3ccc(OCC(=O)N4CCCCC4)c(OCC)c3)C(=O)O2)cc1. The minimum absolute atomic E-state index is 0.0248. The molecule has 2 aromatic carbocycles. The third-order valence-electron chi connectivity index (χ3n) is 5.66. The van der Waals surface area contributed by atoms with Crippen molar-refractivity contribution in [3.63, 3.8) is 0 Å². The van der Waals surface area contributed by atoms with Gasteiger partial charge in [0, 0.05) is 18.7 Å². The van der Waals surface area contributed by atoms with E-state index in [0.717, 1.165) is 38.1 Å². The van der Waals surface area contributed by atoms with Gasteiger partial charge in [-0.15, -0.1) is 0 Å². The number of carbonyl (C=O) groups excluding carboxylic acids is 2. The van der Waals surface area contributed by atoms with Crippen molar-refractivity contribution in [3.8, 4) is 17.2 Å². The maximum Gasteiger partial charge on any atom is 0.363 e. The second-order valence-corrected chi connectivity index (χ2v) is 8.16. The molecule has 0 aliphatic carbocycles. The number of ether oxygens (including phenoxy) is 4. The van der Waals surface area contributed by atoms with Gasteiger partial charge < -0.3 is 23.8 Å². The molecule has 8 nitrogen and oxygen atoms in total. The largest absolute Gasteiger partial charge is 0.494 e. The van der Waals surface area contributed by atoms with Crippen LogP contribution >= 0.6 is 0 Å². The van der Waals surface area contributed by atoms with Crippen molar-refractivity contribution in [1.82, 2.24) is 4.90 Å². The predicted octanol–water partition coefficient (Wildman–Crippen LogP) is 4.22. The highest BCUT2D eigenvalue weighted by Gasteiger charge is 2.24. The zero-order valence-corrected chi connectivity index (χ0v) is 20.1. The zero-order chi connectivity index (χ0) is 24.6. The lowest BCUT2D eigenvalue weighted by atomic mass is 10.1. The van der Waals surface area contributed by atoms with Gasteiger partial charge in [0.05, 0.1) is 13.2 Å². The molecule has 0 saturated carbocycles. The summed E-state index contributed by atoms with van der Waals surface area (Å²) < 4.78 is 22.3. The lowest BCUT2D eigenvalue weighted by Gasteiger charge is -2.26. The maximum absolute atomic E-state index is 12.5. The Hall–Kier alpha value is -3.81. The molecule has 184 valence electrons. The van der Waals surface area contributed by atoms with Crippen molar-refractivity contribution >= 4 is 23.9 Å². The van der Waals surface area contributed by atoms with Gasteiger partial charge in [-0.25, -0.2) is 9.79 Å². The summed E-state index contributed by atoms with van der Waals surface area (Å²) in [6.07, 6.45) is 4.86. The number of esters is 1. The molecule has 8 heteroatoms. The average molecular weight is 479 g/mol. The minimum Gasteiger partial charge on any atom is -0.494 e. The van der Waals surface area contributed by atoms with Crippen LogP contribution in [0.4, 0.5) is 0 Å². The summed E-state index contributed by atoms with van der Waals surface area (Å²) in [5.41, 5.74) is 1.57. The van der Waals surface area contributed by atoms with Crippen molar-refractivity contribution in [2.24, 2.45) is 4.99 Å². The molecule has 4 rings (SSSR count). The van der Waals surface area contributed by atoms with E-state index < -0.39 is 5.97 Å². The van der Waals surface area contributed by atoms with Gasteiger partial charge in [-0.05, 0) is 81.1 Å². The average Bonchev–Trinajstić information content (AvgIpc) is 3.24. The van der Waals surface area contributed by atoms with Gasteiger partial charge in [0.25, 0.3) is 5.91 Å². The van der Waals surface area contributed by atoms with E-state index in [0.29, 0.717) is 35.8 Å². The second kappa shape index (κ2) is 11.6. The highest BCUT2D eigenvalue weighted by atomic mass is 16.6. The first-order valence-electron chi connectivity index (χ1n) is 12.0. The smallest absolute Gasteiger partial charge is 0.363 e. The predicted molar refractivity (Wildman–Crippen MR) is 132 cm³/mol. The van der Waals surface area contributed by atoms with Crippen molar-refractivity contribution < 1.29 is 28.5 Å². The zero-order valence-electron chi connectivity index (χ0n) is 20.1. The Morgan fingerprint density at radius 1 is 0.971 bits per heavy atom. The summed E-state index contributed by atoms with van der Waals surface area (Å²) in [6, 6.07) is 12.5. The van der Waals surface area contributed by atoms with Gasteiger partial charge in [-0.1, -0.05) is 6.07 Å². The third kappa shape index (κ3) is 6.20. The van der Waals surface area contributed by atoms with E-state index in [2.05, 4.69) is 4.99 Å². The molecular weight excluding hydrogens is 448 g/mol. The molecule has 0 radical (unpaired) electrons. The minimum atomic E-state index is -0.528. The molecule has 0 N–H and O–H groups in total. The van der Waals surface area contributed by atoms with Crippen molar-refractivity contribution in [2.45, 2.75) is 33.1 Å². The molecular formula is C27H30N2O6. The molecule has 35 heavy (non-hydrogen) atoms. The molecule has 1 saturated heterocycles. The van der Waals surface area contributed by atoms with E-state index in [1.807, 2.05) is 18.7 Å². The number of cyclic esters (lactones) is 1. The van der Waals surface area contributed by atoms with Crippen LogP contribution < -0.4 is 14.2 Å². The van der Waals surface area contributed by atoms with Crippen LogP contribution in [0.5, 0.6) is 17.2 Å². The fourth-order valence-corrected chi connectivity index (χ4v) is 3.93. The molecule has 0 bridgehead atoms. The monoisotopic (exact) mass is 478 g/mol. The first-order valence-corrected chi connectivity index (χ1v) is 12.0. The lowest BCUT2D eigenvalue weighted by Crippen LogP contribution is -2.38. The molecule has 2 aliphatic rings. The first-order chi connectivity index (χ1) is 17.1. The molecule has 1 fully saturated rings. The van der Waals surface area contributed by atoms with Crippen molar-refractivity contribution in [2.75, 3.05) is 32.9 Å². The van der Waals surface area contributed by atoms with Crippen LogP contribution in [0.2, 0.25) is 0 Å². The first kappa shape index (κ1) is 24.3. The van der Waals surface area contributed by atoms with Crippen LogP contribution in [0.15, 0.2) is 53.2 Å². The topological polar surface area (TPSA) is 86.7 Å². The van der Waals surface area contributed by atoms with Crippen molar-refractivity contribution in [1.29, 1.82) is 0 Å². The van der Waals surface area contributed by atoms with Crippen LogP contribution in [0.1, 0.15) is 44.2 Å². The Kier molecular flexibility index (Phi) is 8.03. The van der Waals surface area contributed by atoms with Crippen molar-refractivity contribution in [3.05, 3.63) is 59.3 Å². The summed E-state index contributed by atoms with van der Waals surface area (Å²) in [7, 11) is 0. The summed E-state index contributed by atoms with van der Waals surface area (Å²) >= 11 is 0. The van der Waals surface area contributed by atoms with E-state index in [1.54, 1.807) is 48.5 Å². The van der Waals surface area contributed by atoms with E-state index in [4.69, 9.17) is 18.9 Å². The van der Waals surface area contributed by atoms with E-state index in [-0.39, 0.29) is 24.1 Å². The maximum atomic E-state index is 12.5. The van der Waals surface area contributed by atoms with Crippen LogP contribution in [0.3, 0.4) is 0 Å². The van der Waals surface area contributed by atoms with E-state index in [9.17, 15) is 9.59 Å². The molecule has 2 heterocycles. The normalized spacial score (nSPS) is 16.6. The summed E-state index contributed by atoms with van der Waals surface area (Å²) in [4.78, 5) is 31.1. The Morgan fingerprint density at radius 2 is 1.71 bits per heavy atom. The molecule has 0 aromatic heterocycles. The fraction of sp³-hybridized carbons (Fsp3) is 0.370. The molecule has 2 aromatic rings. The van der Waals surface area contributed by atoms with Crippen LogP contribution in [-0.2, 0) is 14.3 Å². The lowest BCUT2D eigenvalue weighted by molar-refractivity contribution is -0.134. The number of likely N-dealkylation sites (tertiary alicyclic amines) is 1. The standard InChI is InChI=1S/C27H30N2O6/c1-3-32-21-11-9-20(10-12-21)26-28-22(27(31)35-26)16-19-8-13-23(24(17-19)33-4-2)34-18-25(30)29-14-6-5-7-15-29/h8-13,16-17H,3-7,14-15,18H2,1-2H3/b22-16-. The molecule has 1 amide bonds. The molecule has 2 aliphatic heterocycles. The number of carbonyl (C=O) groups is 2. The summed E-state index contributed by atoms with van der Waals surface area (Å²) in [6.45, 7) is 6.31. The highest BCUT2D eigenvalue weighted by molar-refractivity contribution is 6.12. The Balaban J connectivity index is 1.47. The number of rotatable bonds is 9. The third-order valence-corrected chi connectivity index (χ3v) is 5.66. The van der Waals surface area contributed by atoms with Gasteiger partial charge in [0.1, 0.15) is 5.75 Å². The molecule has 0 unspecified atom stereocenters. The van der Waals surface area contributed by atoms with Crippen LogP contribution in [0, 0.1) is 0 Å². The van der Waals surface area contributed by atoms with Gasteiger partial charge >= 0.3 is 5.97 Å². The number of piperidine rings is 1. The molecule has 0 spiro atoms. The van der Waals surface area contributed by atoms with Crippen LogP contribution in [0.25, 0.3) is 6.08 Å². The van der Waals surface area contributed by atoms with Crippen LogP contribution in [-0.4, -0.2) is 55.6 Å². The quantitative estimate of drug-likeness (QED) is 0.396. The Labute approximate surface area is 205 Å². The Morgan fingerprint density at radius 3 is 2.43 bits per heavy atom. The number of nitrogens with zero attached hydrogens (tertiary/aromatic N) is 2.